The van der Waals surface area contributed by atoms with Gasteiger partial charge in [-0.2, -0.15) is 0 Å². The van der Waals surface area contributed by atoms with Crippen LogP contribution in [0.3, 0.4) is 0 Å². The Labute approximate surface area is 88.0 Å². The molecule has 15 heavy (non-hydrogen) atoms. The number of hydrogen-bond acceptors (Lipinski definition) is 3. The number of hydrogen-bond donors (Lipinski definition) is 2. The molecule has 1 rings (SSSR count). The third-order valence-electron chi connectivity index (χ3n) is 2.10. The van der Waals surface area contributed by atoms with E-state index in [1.807, 2.05) is 0 Å². The lowest BCUT2D eigenvalue weighted by Crippen LogP contribution is -2.39. The van der Waals surface area contributed by atoms with Crippen molar-refractivity contribution in [1.29, 1.82) is 0 Å². The normalized spacial score (nSPS) is 15.8. The maximum Gasteiger partial charge on any atom is 0.324 e. The summed E-state index contributed by atoms with van der Waals surface area (Å²) in [5.41, 5.74) is 0. The molecule has 1 aliphatic rings. The summed E-state index contributed by atoms with van der Waals surface area (Å²) in [4.78, 5) is 34.5. The minimum absolute atomic E-state index is 0.0525. The van der Waals surface area contributed by atoms with Gasteiger partial charge in [-0.15, -0.1) is 0 Å². The van der Waals surface area contributed by atoms with Gasteiger partial charge in [-0.1, -0.05) is 13.8 Å². The molecule has 6 heteroatoms. The first-order chi connectivity index (χ1) is 7.02. The number of nitrogens with zero attached hydrogens (tertiary/aromatic N) is 1. The summed E-state index contributed by atoms with van der Waals surface area (Å²) < 4.78 is 0. The van der Waals surface area contributed by atoms with Crippen molar-refractivity contribution < 1.29 is 14.4 Å². The number of carbonyl (C=O) groups is 3. The Kier molecular flexibility index (Phi) is 3.65. The second-order valence-corrected chi connectivity index (χ2v) is 3.65. The maximum atomic E-state index is 11.2. The SMILES string of the molecule is CC(C)C(=O)NCCN1C(=O)CNC1=O. The summed E-state index contributed by atoms with van der Waals surface area (Å²) in [6, 6.07) is -0.390. The summed E-state index contributed by atoms with van der Waals surface area (Å²) in [6.45, 7) is 4.14. The minimum atomic E-state index is -0.390. The molecule has 0 spiro atoms. The van der Waals surface area contributed by atoms with E-state index in [-0.39, 0.29) is 30.8 Å². The largest absolute Gasteiger partial charge is 0.354 e. The van der Waals surface area contributed by atoms with E-state index in [1.165, 1.54) is 0 Å². The van der Waals surface area contributed by atoms with Crippen molar-refractivity contribution >= 4 is 17.8 Å². The Hall–Kier alpha value is -1.59. The van der Waals surface area contributed by atoms with E-state index in [0.29, 0.717) is 6.54 Å². The van der Waals surface area contributed by atoms with E-state index in [4.69, 9.17) is 0 Å². The van der Waals surface area contributed by atoms with Crippen molar-refractivity contribution in [3.05, 3.63) is 0 Å². The van der Waals surface area contributed by atoms with Crippen LogP contribution in [-0.4, -0.2) is 42.4 Å². The van der Waals surface area contributed by atoms with Crippen LogP contribution in [0.25, 0.3) is 0 Å². The molecular weight excluding hydrogens is 198 g/mol. The molecule has 0 aromatic heterocycles. The Bertz CT molecular complexity index is 272. The van der Waals surface area contributed by atoms with Gasteiger partial charge >= 0.3 is 6.03 Å². The van der Waals surface area contributed by atoms with Crippen molar-refractivity contribution in [2.24, 2.45) is 5.92 Å². The Balaban J connectivity index is 2.28. The van der Waals surface area contributed by atoms with Gasteiger partial charge in [0.05, 0.1) is 6.54 Å². The molecule has 0 radical (unpaired) electrons. The molecule has 0 saturated carbocycles. The lowest BCUT2D eigenvalue weighted by molar-refractivity contribution is -0.126. The molecule has 0 bridgehead atoms. The Morgan fingerprint density at radius 3 is 2.67 bits per heavy atom. The van der Waals surface area contributed by atoms with Gasteiger partial charge in [-0.25, -0.2) is 4.79 Å². The van der Waals surface area contributed by atoms with E-state index in [2.05, 4.69) is 10.6 Å². The Morgan fingerprint density at radius 2 is 2.20 bits per heavy atom. The van der Waals surface area contributed by atoms with Crippen LogP contribution in [-0.2, 0) is 9.59 Å². The van der Waals surface area contributed by atoms with Gasteiger partial charge < -0.3 is 10.6 Å². The van der Waals surface area contributed by atoms with E-state index in [0.717, 1.165) is 4.90 Å². The number of urea groups is 1. The van der Waals surface area contributed by atoms with Crippen LogP contribution in [0.1, 0.15) is 13.8 Å². The van der Waals surface area contributed by atoms with Crippen LogP contribution in [0.15, 0.2) is 0 Å². The van der Waals surface area contributed by atoms with Crippen molar-refractivity contribution in [1.82, 2.24) is 15.5 Å². The number of rotatable bonds is 4. The standard InChI is InChI=1S/C9H15N3O3/c1-6(2)8(14)10-3-4-12-7(13)5-11-9(12)15/h6H,3-5H2,1-2H3,(H,10,14)(H,11,15). The molecule has 1 heterocycles. The third kappa shape index (κ3) is 2.93. The van der Waals surface area contributed by atoms with Crippen LogP contribution < -0.4 is 10.6 Å². The second-order valence-electron chi connectivity index (χ2n) is 3.65. The monoisotopic (exact) mass is 213 g/mol. The predicted octanol–water partition coefficient (Wildman–Crippen LogP) is -0.690. The fourth-order valence-corrected chi connectivity index (χ4v) is 1.18. The maximum absolute atomic E-state index is 11.2. The molecule has 0 aromatic carbocycles. The summed E-state index contributed by atoms with van der Waals surface area (Å²) >= 11 is 0. The van der Waals surface area contributed by atoms with Crippen molar-refractivity contribution in [3.8, 4) is 0 Å². The van der Waals surface area contributed by atoms with E-state index in [1.54, 1.807) is 13.8 Å². The summed E-state index contributed by atoms with van der Waals surface area (Å²) in [5, 5.41) is 5.04. The molecule has 2 N–H and O–H groups in total. The topological polar surface area (TPSA) is 78.5 Å². The van der Waals surface area contributed by atoms with Crippen molar-refractivity contribution in [2.75, 3.05) is 19.6 Å². The zero-order valence-corrected chi connectivity index (χ0v) is 8.87. The van der Waals surface area contributed by atoms with Crippen LogP contribution >= 0.6 is 0 Å². The zero-order chi connectivity index (χ0) is 11.4. The lowest BCUT2D eigenvalue weighted by Gasteiger charge is -2.13. The molecule has 6 nitrogen and oxygen atoms in total. The first-order valence-electron chi connectivity index (χ1n) is 4.88. The second kappa shape index (κ2) is 4.77. The van der Waals surface area contributed by atoms with Gasteiger partial charge in [-0.05, 0) is 0 Å². The van der Waals surface area contributed by atoms with Gasteiger partial charge in [0.15, 0.2) is 0 Å². The van der Waals surface area contributed by atoms with Crippen LogP contribution in [0.4, 0.5) is 4.79 Å². The summed E-state index contributed by atoms with van der Waals surface area (Å²) in [7, 11) is 0. The molecule has 0 unspecified atom stereocenters. The van der Waals surface area contributed by atoms with Crippen molar-refractivity contribution in [2.45, 2.75) is 13.8 Å². The zero-order valence-electron chi connectivity index (χ0n) is 8.87. The number of carbonyl (C=O) groups excluding carboxylic acids is 3. The van der Waals surface area contributed by atoms with Crippen molar-refractivity contribution in [3.63, 3.8) is 0 Å². The average molecular weight is 213 g/mol. The summed E-state index contributed by atoms with van der Waals surface area (Å²) in [6.07, 6.45) is 0. The minimum Gasteiger partial charge on any atom is -0.354 e. The molecule has 4 amide bonds. The molecule has 0 atom stereocenters. The lowest BCUT2D eigenvalue weighted by atomic mass is 10.2. The van der Waals surface area contributed by atoms with Crippen LogP contribution in [0.2, 0.25) is 0 Å². The van der Waals surface area contributed by atoms with E-state index >= 15 is 0 Å². The first kappa shape index (κ1) is 11.5. The first-order valence-corrected chi connectivity index (χ1v) is 4.88. The number of amides is 4. The highest BCUT2D eigenvalue weighted by atomic mass is 16.2. The van der Waals surface area contributed by atoms with Crippen LogP contribution in [0, 0.1) is 5.92 Å². The quantitative estimate of drug-likeness (QED) is 0.607. The highest BCUT2D eigenvalue weighted by Gasteiger charge is 2.27. The fourth-order valence-electron chi connectivity index (χ4n) is 1.18. The average Bonchev–Trinajstić information content (AvgIpc) is 2.48. The number of nitrogens with one attached hydrogen (secondary N) is 2. The van der Waals surface area contributed by atoms with E-state index in [9.17, 15) is 14.4 Å². The number of imide groups is 1. The molecule has 0 aromatic rings. The molecule has 1 aliphatic heterocycles. The highest BCUT2D eigenvalue weighted by molar-refractivity contribution is 6.01. The van der Waals surface area contributed by atoms with Gasteiger partial charge in [0.25, 0.3) is 0 Å². The molecule has 0 aliphatic carbocycles. The van der Waals surface area contributed by atoms with E-state index < -0.39 is 6.03 Å². The highest BCUT2D eigenvalue weighted by Crippen LogP contribution is 1.97. The molecular formula is C9H15N3O3. The Morgan fingerprint density at radius 1 is 1.53 bits per heavy atom. The van der Waals surface area contributed by atoms with Gasteiger partial charge in [-0.3, -0.25) is 14.5 Å². The van der Waals surface area contributed by atoms with Gasteiger partial charge in [0.1, 0.15) is 0 Å². The molecule has 84 valence electrons. The van der Waals surface area contributed by atoms with Gasteiger partial charge in [0.2, 0.25) is 11.8 Å². The fraction of sp³-hybridized carbons (Fsp3) is 0.667. The molecule has 1 fully saturated rings. The predicted molar refractivity (Wildman–Crippen MR) is 53.0 cm³/mol. The van der Waals surface area contributed by atoms with Crippen LogP contribution in [0.5, 0.6) is 0 Å². The van der Waals surface area contributed by atoms with Gasteiger partial charge in [0, 0.05) is 19.0 Å². The third-order valence-corrected chi connectivity index (χ3v) is 2.10. The molecule has 1 saturated heterocycles. The summed E-state index contributed by atoms with van der Waals surface area (Å²) in [5.74, 6) is -0.422. The smallest absolute Gasteiger partial charge is 0.324 e.